The summed E-state index contributed by atoms with van der Waals surface area (Å²) in [6.07, 6.45) is -4.76. The summed E-state index contributed by atoms with van der Waals surface area (Å²) in [7, 11) is 0. The Hall–Kier alpha value is -2.32. The number of halogens is 3. The third kappa shape index (κ3) is 5.09. The van der Waals surface area contributed by atoms with Crippen LogP contribution in [-0.4, -0.2) is 26.3 Å². The van der Waals surface area contributed by atoms with Crippen molar-refractivity contribution >= 4 is 0 Å². The maximum atomic E-state index is 13.7. The molecule has 0 amide bonds. The van der Waals surface area contributed by atoms with Crippen molar-refractivity contribution in [1.29, 1.82) is 0 Å². The predicted molar refractivity (Wildman–Crippen MR) is 88.0 cm³/mol. The highest BCUT2D eigenvalue weighted by Crippen LogP contribution is 2.43. The van der Waals surface area contributed by atoms with Crippen LogP contribution < -0.4 is 9.47 Å². The van der Waals surface area contributed by atoms with Gasteiger partial charge in [-0.25, -0.2) is 0 Å². The van der Waals surface area contributed by atoms with E-state index >= 15 is 0 Å². The maximum Gasteiger partial charge on any atom is 0.426 e. The highest BCUT2D eigenvalue weighted by atomic mass is 19.4. The molecule has 144 valence electrons. The van der Waals surface area contributed by atoms with Gasteiger partial charge in [-0.3, -0.25) is 0 Å². The van der Waals surface area contributed by atoms with E-state index in [1.54, 1.807) is 48.5 Å². The van der Waals surface area contributed by atoms with E-state index in [4.69, 9.17) is 14.0 Å². The first-order chi connectivity index (χ1) is 11.7. The first kappa shape index (κ1) is 20.0. The predicted octanol–water partition coefficient (Wildman–Crippen LogP) is 4.81. The molecular formula is C17H22F3N3O3. The van der Waals surface area contributed by atoms with Crippen molar-refractivity contribution in [3.63, 3.8) is 0 Å². The van der Waals surface area contributed by atoms with Crippen molar-refractivity contribution in [2.24, 2.45) is 0 Å². The molecule has 0 aliphatic rings. The van der Waals surface area contributed by atoms with Crippen LogP contribution in [0.25, 0.3) is 11.5 Å². The second kappa shape index (κ2) is 6.44. The number of aryl methyl sites for hydroxylation is 1. The molecule has 0 saturated heterocycles. The van der Waals surface area contributed by atoms with E-state index in [9.17, 15) is 13.2 Å². The number of hydrogen-bond acceptors (Lipinski definition) is 6. The smallest absolute Gasteiger partial charge is 0.426 e. The van der Waals surface area contributed by atoms with Gasteiger partial charge in [-0.05, 0) is 48.5 Å². The van der Waals surface area contributed by atoms with Gasteiger partial charge in [-0.15, -0.1) is 0 Å². The van der Waals surface area contributed by atoms with E-state index in [1.165, 1.54) is 6.07 Å². The van der Waals surface area contributed by atoms with E-state index in [0.29, 0.717) is 5.76 Å². The molecule has 0 atom stereocenters. The Morgan fingerprint density at radius 3 is 1.65 bits per heavy atom. The van der Waals surface area contributed by atoms with Crippen LogP contribution in [0.3, 0.4) is 0 Å². The summed E-state index contributed by atoms with van der Waals surface area (Å²) in [6.45, 7) is 11.4. The lowest BCUT2D eigenvalue weighted by molar-refractivity contribution is -0.142. The minimum atomic E-state index is -4.76. The molecular weight excluding hydrogens is 351 g/mol. The zero-order valence-electron chi connectivity index (χ0n) is 15.8. The van der Waals surface area contributed by atoms with Gasteiger partial charge >= 0.3 is 6.18 Å². The molecule has 0 aliphatic carbocycles. The number of alkyl halides is 3. The normalized spacial score (nSPS) is 13.0. The van der Waals surface area contributed by atoms with Gasteiger partial charge in [0.1, 0.15) is 17.0 Å². The van der Waals surface area contributed by atoms with E-state index in [-0.39, 0.29) is 11.5 Å². The van der Waals surface area contributed by atoms with Gasteiger partial charge in [-0.2, -0.15) is 23.1 Å². The molecule has 6 nitrogen and oxygen atoms in total. The molecule has 0 fully saturated rings. The summed E-state index contributed by atoms with van der Waals surface area (Å²) >= 11 is 0. The average molecular weight is 373 g/mol. The van der Waals surface area contributed by atoms with Crippen molar-refractivity contribution in [2.45, 2.75) is 65.8 Å². The summed E-state index contributed by atoms with van der Waals surface area (Å²) < 4.78 is 57.1. The van der Waals surface area contributed by atoms with Crippen LogP contribution in [0, 0.1) is 6.92 Å². The minimum absolute atomic E-state index is 0.0756. The van der Waals surface area contributed by atoms with E-state index in [1.807, 2.05) is 0 Å². The molecule has 0 N–H and O–H groups in total. The number of nitrogens with zero attached hydrogens (tertiary/aromatic N) is 3. The average Bonchev–Trinajstić information content (AvgIpc) is 2.79. The van der Waals surface area contributed by atoms with Crippen molar-refractivity contribution in [3.8, 4) is 23.3 Å². The molecule has 26 heavy (non-hydrogen) atoms. The van der Waals surface area contributed by atoms with E-state index < -0.39 is 34.7 Å². The Bertz CT molecular complexity index is 750. The maximum absolute atomic E-state index is 13.7. The van der Waals surface area contributed by atoms with Crippen LogP contribution in [0.5, 0.6) is 11.8 Å². The Kier molecular flexibility index (Phi) is 4.95. The second-order valence-electron chi connectivity index (χ2n) is 7.78. The second-order valence-corrected chi connectivity index (χ2v) is 7.78. The molecule has 0 saturated carbocycles. The van der Waals surface area contributed by atoms with Crippen molar-refractivity contribution in [3.05, 3.63) is 17.4 Å². The van der Waals surface area contributed by atoms with Crippen LogP contribution in [0.2, 0.25) is 0 Å². The largest absolute Gasteiger partial charge is 0.471 e. The van der Waals surface area contributed by atoms with Crippen LogP contribution in [-0.2, 0) is 6.18 Å². The molecule has 2 heterocycles. The fraction of sp³-hybridized carbons (Fsp3) is 0.588. The van der Waals surface area contributed by atoms with E-state index in [0.717, 1.165) is 0 Å². The summed E-state index contributed by atoms with van der Waals surface area (Å²) in [5.74, 6) is -0.835. The van der Waals surface area contributed by atoms with Crippen LogP contribution in [0.4, 0.5) is 13.2 Å². The highest BCUT2D eigenvalue weighted by Gasteiger charge is 2.43. The molecule has 2 aromatic rings. The number of aromatic nitrogens is 3. The lowest BCUT2D eigenvalue weighted by Crippen LogP contribution is -2.29. The Morgan fingerprint density at radius 2 is 1.35 bits per heavy atom. The Balaban J connectivity index is 2.74. The molecule has 9 heteroatoms. The number of rotatable bonds is 3. The summed E-state index contributed by atoms with van der Waals surface area (Å²) in [5, 5.41) is 3.76. The molecule has 2 aromatic heterocycles. The Labute approximate surface area is 149 Å². The SMILES string of the molecule is Cc1cc(-c2nc(OC(C)(C)C)c(C(F)(F)F)c(OC(C)(C)C)n2)no1. The first-order valence-corrected chi connectivity index (χ1v) is 7.97. The van der Waals surface area contributed by atoms with Gasteiger partial charge in [0.25, 0.3) is 0 Å². The van der Waals surface area contributed by atoms with E-state index in [2.05, 4.69) is 15.1 Å². The van der Waals surface area contributed by atoms with Crippen LogP contribution in [0.15, 0.2) is 10.6 Å². The third-order valence-corrected chi connectivity index (χ3v) is 2.79. The molecule has 0 radical (unpaired) electrons. The third-order valence-electron chi connectivity index (χ3n) is 2.79. The first-order valence-electron chi connectivity index (χ1n) is 7.97. The summed E-state index contributed by atoms with van der Waals surface area (Å²) in [5.41, 5.74) is -2.80. The lowest BCUT2D eigenvalue weighted by atomic mass is 10.1. The standard InChI is InChI=1S/C17H22F3N3O3/c1-9-8-10(23-26-9)12-21-13(24-15(2,3)4)11(17(18,19)20)14(22-12)25-16(5,6)7/h8H,1-7H3. The van der Waals surface area contributed by atoms with Gasteiger partial charge in [0.05, 0.1) is 0 Å². The van der Waals surface area contributed by atoms with Gasteiger partial charge in [0, 0.05) is 6.07 Å². The fourth-order valence-corrected chi connectivity index (χ4v) is 1.98. The summed E-state index contributed by atoms with van der Waals surface area (Å²) in [4.78, 5) is 7.89. The number of ether oxygens (including phenoxy) is 2. The van der Waals surface area contributed by atoms with Crippen LogP contribution in [0.1, 0.15) is 52.9 Å². The van der Waals surface area contributed by atoms with Gasteiger partial charge < -0.3 is 14.0 Å². The zero-order valence-corrected chi connectivity index (χ0v) is 15.8. The summed E-state index contributed by atoms with van der Waals surface area (Å²) in [6, 6.07) is 1.52. The monoisotopic (exact) mass is 373 g/mol. The van der Waals surface area contributed by atoms with Crippen molar-refractivity contribution < 1.29 is 27.2 Å². The molecule has 0 spiro atoms. The molecule has 0 aliphatic heterocycles. The van der Waals surface area contributed by atoms with Gasteiger partial charge in [0.2, 0.25) is 11.8 Å². The molecule has 0 bridgehead atoms. The molecule has 2 rings (SSSR count). The number of hydrogen-bond donors (Lipinski definition) is 0. The topological polar surface area (TPSA) is 70.3 Å². The zero-order chi connectivity index (χ0) is 19.9. The highest BCUT2D eigenvalue weighted by molar-refractivity contribution is 5.53. The van der Waals surface area contributed by atoms with Crippen LogP contribution >= 0.6 is 0 Å². The van der Waals surface area contributed by atoms with Crippen molar-refractivity contribution in [1.82, 2.24) is 15.1 Å². The Morgan fingerprint density at radius 1 is 0.885 bits per heavy atom. The van der Waals surface area contributed by atoms with Gasteiger partial charge in [-0.1, -0.05) is 5.16 Å². The molecule has 0 unspecified atom stereocenters. The lowest BCUT2D eigenvalue weighted by Gasteiger charge is -2.27. The fourth-order valence-electron chi connectivity index (χ4n) is 1.98. The minimum Gasteiger partial charge on any atom is -0.471 e. The van der Waals surface area contributed by atoms with Gasteiger partial charge in [0.15, 0.2) is 17.1 Å². The van der Waals surface area contributed by atoms with Crippen molar-refractivity contribution in [2.75, 3.05) is 0 Å². The molecule has 0 aromatic carbocycles. The quantitative estimate of drug-likeness (QED) is 0.769.